The summed E-state index contributed by atoms with van der Waals surface area (Å²) in [6.07, 6.45) is 11.5. The molecule has 1 fully saturated rings. The first-order valence-corrected chi connectivity index (χ1v) is 10.3. The molecule has 1 saturated carbocycles. The quantitative estimate of drug-likeness (QED) is 0.438. The summed E-state index contributed by atoms with van der Waals surface area (Å²) in [6, 6.07) is 0. The van der Waals surface area contributed by atoms with Gasteiger partial charge in [0, 0.05) is 0 Å². The molecule has 0 saturated heterocycles. The molecule has 25 heavy (non-hydrogen) atoms. The van der Waals surface area contributed by atoms with Crippen LogP contribution in [0, 0.1) is 23.2 Å². The molecule has 1 aliphatic rings. The summed E-state index contributed by atoms with van der Waals surface area (Å²) in [5.74, 6) is -1.06. The molecule has 0 aromatic rings. The maximum atomic E-state index is 11.9. The predicted molar refractivity (Wildman–Crippen MR) is 101 cm³/mol. The molecule has 0 bridgehead atoms. The molecule has 0 spiro atoms. The molecule has 146 valence electrons. The van der Waals surface area contributed by atoms with Crippen LogP contribution in [0.2, 0.25) is 0 Å². The second kappa shape index (κ2) is 10.8. The molecule has 0 aromatic carbocycles. The lowest BCUT2D eigenvalue weighted by molar-refractivity contribution is -0.161. The minimum absolute atomic E-state index is 0.00536. The summed E-state index contributed by atoms with van der Waals surface area (Å²) in [4.78, 5) is 23.3. The monoisotopic (exact) mass is 354 g/mol. The van der Waals surface area contributed by atoms with Crippen LogP contribution < -0.4 is 0 Å². The van der Waals surface area contributed by atoms with Crippen molar-refractivity contribution in [2.75, 3.05) is 0 Å². The number of hydrogen-bond donors (Lipinski definition) is 2. The summed E-state index contributed by atoms with van der Waals surface area (Å²) in [5, 5.41) is 19.1. The summed E-state index contributed by atoms with van der Waals surface area (Å²) < 4.78 is 0. The van der Waals surface area contributed by atoms with Crippen LogP contribution in [0.25, 0.3) is 0 Å². The minimum Gasteiger partial charge on any atom is -0.481 e. The van der Waals surface area contributed by atoms with E-state index in [-0.39, 0.29) is 11.8 Å². The number of unbranched alkanes of at least 4 members (excludes halogenated alkanes) is 5. The van der Waals surface area contributed by atoms with Crippen LogP contribution in [-0.4, -0.2) is 22.2 Å². The van der Waals surface area contributed by atoms with Gasteiger partial charge in [-0.1, -0.05) is 65.7 Å². The Morgan fingerprint density at radius 2 is 1.64 bits per heavy atom. The van der Waals surface area contributed by atoms with Crippen molar-refractivity contribution < 1.29 is 19.8 Å². The number of rotatable bonds is 12. The van der Waals surface area contributed by atoms with Gasteiger partial charge >= 0.3 is 11.9 Å². The molecule has 0 aliphatic heterocycles. The highest BCUT2D eigenvalue weighted by Crippen LogP contribution is 2.48. The van der Waals surface area contributed by atoms with E-state index in [1.165, 1.54) is 32.1 Å². The SMILES string of the molecule is CCC1(C(=O)O)CCC(C(=O)O)CC1CCCCCCCCC(C)C. The van der Waals surface area contributed by atoms with Crippen molar-refractivity contribution in [1.29, 1.82) is 0 Å². The second-order valence-electron chi connectivity index (χ2n) is 8.41. The molecule has 0 aromatic heterocycles. The Hall–Kier alpha value is -1.06. The molecular formula is C21H38O4. The van der Waals surface area contributed by atoms with Crippen molar-refractivity contribution >= 4 is 11.9 Å². The zero-order chi connectivity index (χ0) is 18.9. The third-order valence-corrected chi connectivity index (χ3v) is 6.28. The first-order valence-electron chi connectivity index (χ1n) is 10.3. The third-order valence-electron chi connectivity index (χ3n) is 6.28. The van der Waals surface area contributed by atoms with Crippen LogP contribution in [0.15, 0.2) is 0 Å². The summed E-state index contributed by atoms with van der Waals surface area (Å²) in [7, 11) is 0. The van der Waals surface area contributed by atoms with Crippen LogP contribution in [0.1, 0.15) is 97.8 Å². The summed E-state index contributed by atoms with van der Waals surface area (Å²) in [5.41, 5.74) is -0.705. The number of carboxylic acid groups (broad SMARTS) is 2. The fraction of sp³-hybridized carbons (Fsp3) is 0.905. The molecule has 3 unspecified atom stereocenters. The summed E-state index contributed by atoms with van der Waals surface area (Å²) in [6.45, 7) is 6.46. The Morgan fingerprint density at radius 3 is 2.16 bits per heavy atom. The number of hydrogen-bond acceptors (Lipinski definition) is 2. The maximum Gasteiger partial charge on any atom is 0.309 e. The van der Waals surface area contributed by atoms with Gasteiger partial charge in [0.1, 0.15) is 0 Å². The van der Waals surface area contributed by atoms with E-state index in [1.54, 1.807) is 0 Å². The Balaban J connectivity index is 2.42. The van der Waals surface area contributed by atoms with E-state index in [9.17, 15) is 19.8 Å². The Morgan fingerprint density at radius 1 is 1.04 bits per heavy atom. The Bertz CT molecular complexity index is 418. The maximum absolute atomic E-state index is 11.9. The Kier molecular flexibility index (Phi) is 9.52. The van der Waals surface area contributed by atoms with E-state index in [0.29, 0.717) is 25.7 Å². The van der Waals surface area contributed by atoms with Crippen molar-refractivity contribution in [2.45, 2.75) is 97.8 Å². The van der Waals surface area contributed by atoms with Crippen molar-refractivity contribution in [3.8, 4) is 0 Å². The average Bonchev–Trinajstić information content (AvgIpc) is 2.56. The van der Waals surface area contributed by atoms with Gasteiger partial charge in [0.2, 0.25) is 0 Å². The van der Waals surface area contributed by atoms with E-state index in [4.69, 9.17) is 0 Å². The first kappa shape index (κ1) is 22.0. The highest BCUT2D eigenvalue weighted by molar-refractivity contribution is 5.76. The molecule has 4 heteroatoms. The van der Waals surface area contributed by atoms with Crippen molar-refractivity contribution in [3.63, 3.8) is 0 Å². The topological polar surface area (TPSA) is 74.6 Å². The molecular weight excluding hydrogens is 316 g/mol. The Labute approximate surface area is 153 Å². The van der Waals surface area contributed by atoms with Crippen LogP contribution in [0.5, 0.6) is 0 Å². The fourth-order valence-electron chi connectivity index (χ4n) is 4.49. The number of aliphatic carboxylic acids is 2. The second-order valence-corrected chi connectivity index (χ2v) is 8.41. The van der Waals surface area contributed by atoms with Crippen LogP contribution in [0.3, 0.4) is 0 Å². The van der Waals surface area contributed by atoms with E-state index >= 15 is 0 Å². The van der Waals surface area contributed by atoms with E-state index < -0.39 is 17.4 Å². The van der Waals surface area contributed by atoms with Gasteiger partial charge in [-0.3, -0.25) is 9.59 Å². The van der Waals surface area contributed by atoms with Gasteiger partial charge in [0.25, 0.3) is 0 Å². The summed E-state index contributed by atoms with van der Waals surface area (Å²) >= 11 is 0. The standard InChI is InChI=1S/C21H38O4/c1-4-21(20(24)25)14-13-17(19(22)23)15-18(21)12-10-8-6-5-7-9-11-16(2)3/h16-18H,4-15H2,1-3H3,(H,22,23)(H,24,25). The van der Waals surface area contributed by atoms with E-state index in [0.717, 1.165) is 25.2 Å². The highest BCUT2D eigenvalue weighted by Gasteiger charge is 2.48. The number of carboxylic acids is 2. The fourth-order valence-corrected chi connectivity index (χ4v) is 4.49. The van der Waals surface area contributed by atoms with Gasteiger partial charge in [0.05, 0.1) is 11.3 Å². The largest absolute Gasteiger partial charge is 0.481 e. The normalized spacial score (nSPS) is 26.7. The molecule has 2 N–H and O–H groups in total. The molecule has 1 aliphatic carbocycles. The predicted octanol–water partition coefficient (Wildman–Crippen LogP) is 5.75. The van der Waals surface area contributed by atoms with Gasteiger partial charge in [-0.2, -0.15) is 0 Å². The molecule has 4 nitrogen and oxygen atoms in total. The minimum atomic E-state index is -0.759. The van der Waals surface area contributed by atoms with Gasteiger partial charge in [-0.25, -0.2) is 0 Å². The highest BCUT2D eigenvalue weighted by atomic mass is 16.4. The molecule has 0 heterocycles. The van der Waals surface area contributed by atoms with Crippen LogP contribution in [-0.2, 0) is 9.59 Å². The molecule has 0 radical (unpaired) electrons. The molecule has 1 rings (SSSR count). The van der Waals surface area contributed by atoms with Crippen molar-refractivity contribution in [3.05, 3.63) is 0 Å². The van der Waals surface area contributed by atoms with Crippen molar-refractivity contribution in [2.24, 2.45) is 23.2 Å². The average molecular weight is 355 g/mol. The van der Waals surface area contributed by atoms with Crippen LogP contribution >= 0.6 is 0 Å². The van der Waals surface area contributed by atoms with Crippen molar-refractivity contribution in [1.82, 2.24) is 0 Å². The van der Waals surface area contributed by atoms with Gasteiger partial charge in [-0.05, 0) is 43.9 Å². The zero-order valence-corrected chi connectivity index (χ0v) is 16.4. The van der Waals surface area contributed by atoms with E-state index in [1.807, 2.05) is 6.92 Å². The zero-order valence-electron chi connectivity index (χ0n) is 16.4. The smallest absolute Gasteiger partial charge is 0.309 e. The van der Waals surface area contributed by atoms with E-state index in [2.05, 4.69) is 13.8 Å². The first-order chi connectivity index (χ1) is 11.8. The lowest BCUT2D eigenvalue weighted by Crippen LogP contribution is -2.44. The number of carbonyl (C=O) groups is 2. The van der Waals surface area contributed by atoms with Crippen LogP contribution in [0.4, 0.5) is 0 Å². The van der Waals surface area contributed by atoms with Gasteiger partial charge < -0.3 is 10.2 Å². The lowest BCUT2D eigenvalue weighted by Gasteiger charge is -2.42. The molecule has 0 amide bonds. The van der Waals surface area contributed by atoms with Gasteiger partial charge in [-0.15, -0.1) is 0 Å². The lowest BCUT2D eigenvalue weighted by atomic mass is 9.60. The molecule has 3 atom stereocenters. The van der Waals surface area contributed by atoms with Gasteiger partial charge in [0.15, 0.2) is 0 Å². The third kappa shape index (κ3) is 6.63.